The third kappa shape index (κ3) is 3.49. The topological polar surface area (TPSA) is 112 Å². The molecule has 106 valence electrons. The Morgan fingerprint density at radius 1 is 1.42 bits per heavy atom. The van der Waals surface area contributed by atoms with Crippen LogP contribution in [0.5, 0.6) is 0 Å². The summed E-state index contributed by atoms with van der Waals surface area (Å²) in [6.45, 7) is 4.43. The Kier molecular flexibility index (Phi) is 4.13. The first-order valence-corrected chi connectivity index (χ1v) is 6.17. The molecule has 0 aromatic carbocycles. The minimum atomic E-state index is -0.802. The van der Waals surface area contributed by atoms with Crippen molar-refractivity contribution in [3.8, 4) is 0 Å². The maximum Gasteiger partial charge on any atom is 0.322 e. The molecule has 8 heteroatoms. The first-order valence-electron chi connectivity index (χ1n) is 6.17. The average Bonchev–Trinajstić information content (AvgIpc) is 2.87. The van der Waals surface area contributed by atoms with Gasteiger partial charge in [-0.15, -0.1) is 5.10 Å². The Morgan fingerprint density at radius 3 is 2.58 bits per heavy atom. The second-order valence-electron chi connectivity index (χ2n) is 4.98. The second kappa shape index (κ2) is 5.64. The number of nitrogens with zero attached hydrogens (tertiary/aromatic N) is 3. The third-order valence-electron chi connectivity index (χ3n) is 2.88. The van der Waals surface area contributed by atoms with E-state index < -0.39 is 12.2 Å². The van der Waals surface area contributed by atoms with Crippen LogP contribution in [-0.4, -0.2) is 63.1 Å². The SMILES string of the molecule is CC(C)c1nnc(NC(=O)CN2CC(O)C(O)C2)o1. The Balaban J connectivity index is 1.84. The van der Waals surface area contributed by atoms with E-state index in [2.05, 4.69) is 15.5 Å². The first kappa shape index (κ1) is 13.9. The van der Waals surface area contributed by atoms with Crippen molar-refractivity contribution in [1.82, 2.24) is 15.1 Å². The molecule has 1 aliphatic rings. The van der Waals surface area contributed by atoms with Gasteiger partial charge in [-0.2, -0.15) is 0 Å². The lowest BCUT2D eigenvalue weighted by Crippen LogP contribution is -2.32. The molecule has 1 saturated heterocycles. The molecule has 2 unspecified atom stereocenters. The fraction of sp³-hybridized carbons (Fsp3) is 0.727. The first-order chi connectivity index (χ1) is 8.95. The fourth-order valence-electron chi connectivity index (χ4n) is 1.86. The van der Waals surface area contributed by atoms with Gasteiger partial charge in [0.2, 0.25) is 11.8 Å². The number of amides is 1. The van der Waals surface area contributed by atoms with E-state index in [-0.39, 0.29) is 37.5 Å². The zero-order valence-electron chi connectivity index (χ0n) is 10.9. The highest BCUT2D eigenvalue weighted by molar-refractivity contribution is 5.90. The monoisotopic (exact) mass is 270 g/mol. The van der Waals surface area contributed by atoms with Crippen LogP contribution in [-0.2, 0) is 4.79 Å². The van der Waals surface area contributed by atoms with Gasteiger partial charge < -0.3 is 14.6 Å². The van der Waals surface area contributed by atoms with Crippen LogP contribution in [0.1, 0.15) is 25.7 Å². The number of β-amino-alcohol motifs (C(OH)–C–C–N with tert-alkyl or cyclic N) is 2. The number of aliphatic hydroxyl groups excluding tert-OH is 2. The maximum absolute atomic E-state index is 11.7. The molecule has 19 heavy (non-hydrogen) atoms. The Morgan fingerprint density at radius 2 is 2.05 bits per heavy atom. The summed E-state index contributed by atoms with van der Waals surface area (Å²) in [7, 11) is 0. The predicted molar refractivity (Wildman–Crippen MR) is 65.5 cm³/mol. The van der Waals surface area contributed by atoms with Crippen LogP contribution < -0.4 is 5.32 Å². The van der Waals surface area contributed by atoms with Gasteiger partial charge in [-0.1, -0.05) is 18.9 Å². The smallest absolute Gasteiger partial charge is 0.322 e. The van der Waals surface area contributed by atoms with Crippen LogP contribution in [0.25, 0.3) is 0 Å². The highest BCUT2D eigenvalue weighted by Crippen LogP contribution is 2.15. The van der Waals surface area contributed by atoms with Crippen LogP contribution in [0, 0.1) is 0 Å². The van der Waals surface area contributed by atoms with Crippen molar-refractivity contribution in [1.29, 1.82) is 0 Å². The van der Waals surface area contributed by atoms with E-state index in [1.165, 1.54) is 0 Å². The van der Waals surface area contributed by atoms with Crippen LogP contribution in [0.15, 0.2) is 4.42 Å². The fourth-order valence-corrected chi connectivity index (χ4v) is 1.86. The lowest BCUT2D eigenvalue weighted by Gasteiger charge is -2.12. The molecule has 1 aliphatic heterocycles. The zero-order chi connectivity index (χ0) is 14.0. The third-order valence-corrected chi connectivity index (χ3v) is 2.88. The molecule has 2 heterocycles. The zero-order valence-corrected chi connectivity index (χ0v) is 10.9. The van der Waals surface area contributed by atoms with Crippen molar-refractivity contribution in [3.05, 3.63) is 5.89 Å². The van der Waals surface area contributed by atoms with E-state index >= 15 is 0 Å². The second-order valence-corrected chi connectivity index (χ2v) is 4.98. The van der Waals surface area contributed by atoms with Crippen LogP contribution >= 0.6 is 0 Å². The molecule has 8 nitrogen and oxygen atoms in total. The minimum Gasteiger partial charge on any atom is -0.408 e. The number of likely N-dealkylation sites (tertiary alicyclic amines) is 1. The van der Waals surface area contributed by atoms with Gasteiger partial charge in [0.15, 0.2) is 0 Å². The molecule has 2 rings (SSSR count). The van der Waals surface area contributed by atoms with E-state index in [1.807, 2.05) is 13.8 Å². The number of hydrogen-bond acceptors (Lipinski definition) is 7. The van der Waals surface area contributed by atoms with Gasteiger partial charge >= 0.3 is 6.01 Å². The lowest BCUT2D eigenvalue weighted by molar-refractivity contribution is -0.117. The average molecular weight is 270 g/mol. The highest BCUT2D eigenvalue weighted by Gasteiger charge is 2.30. The number of carbonyl (C=O) groups is 1. The molecule has 1 amide bonds. The van der Waals surface area contributed by atoms with Gasteiger partial charge in [0.1, 0.15) is 0 Å². The summed E-state index contributed by atoms with van der Waals surface area (Å²) >= 11 is 0. The summed E-state index contributed by atoms with van der Waals surface area (Å²) in [5.74, 6) is 0.240. The van der Waals surface area contributed by atoms with Gasteiger partial charge in [-0.3, -0.25) is 15.0 Å². The van der Waals surface area contributed by atoms with Crippen molar-refractivity contribution in [2.45, 2.75) is 32.0 Å². The van der Waals surface area contributed by atoms with Crippen LogP contribution in [0.3, 0.4) is 0 Å². The standard InChI is InChI=1S/C11H18N4O4/c1-6(2)10-13-14-11(19-10)12-9(18)5-15-3-7(16)8(17)4-15/h6-8,16-17H,3-5H2,1-2H3,(H,12,14,18). The highest BCUT2D eigenvalue weighted by atomic mass is 16.4. The largest absolute Gasteiger partial charge is 0.408 e. The van der Waals surface area contributed by atoms with Crippen LogP contribution in [0.4, 0.5) is 6.01 Å². The lowest BCUT2D eigenvalue weighted by atomic mass is 10.2. The molecule has 0 radical (unpaired) electrons. The Hall–Kier alpha value is -1.51. The van der Waals surface area contributed by atoms with Gasteiger partial charge in [-0.05, 0) is 0 Å². The van der Waals surface area contributed by atoms with E-state index in [0.717, 1.165) is 0 Å². The summed E-state index contributed by atoms with van der Waals surface area (Å²) < 4.78 is 5.25. The summed E-state index contributed by atoms with van der Waals surface area (Å²) in [6, 6.07) is 0.0639. The number of nitrogens with one attached hydrogen (secondary N) is 1. The van der Waals surface area contributed by atoms with E-state index in [1.54, 1.807) is 4.90 Å². The number of rotatable bonds is 4. The number of carbonyl (C=O) groups excluding carboxylic acids is 1. The van der Waals surface area contributed by atoms with Crippen molar-refractivity contribution in [2.24, 2.45) is 0 Å². The van der Waals surface area contributed by atoms with Gasteiger partial charge in [0.25, 0.3) is 0 Å². The normalized spacial score (nSPS) is 24.1. The number of anilines is 1. The van der Waals surface area contributed by atoms with E-state index in [4.69, 9.17) is 4.42 Å². The van der Waals surface area contributed by atoms with E-state index in [0.29, 0.717) is 5.89 Å². The molecule has 1 fully saturated rings. The molecule has 1 aromatic rings. The molecule has 3 N–H and O–H groups in total. The molecular formula is C11H18N4O4. The molecule has 0 spiro atoms. The quantitative estimate of drug-likeness (QED) is 0.654. The Bertz CT molecular complexity index is 438. The molecule has 2 atom stereocenters. The van der Waals surface area contributed by atoms with Crippen molar-refractivity contribution < 1.29 is 19.4 Å². The molecule has 1 aromatic heterocycles. The van der Waals surface area contributed by atoms with Gasteiger partial charge in [0.05, 0.1) is 18.8 Å². The molecule has 0 saturated carbocycles. The van der Waals surface area contributed by atoms with Crippen molar-refractivity contribution >= 4 is 11.9 Å². The Labute approximate surface area is 110 Å². The minimum absolute atomic E-state index is 0.0630. The molecule has 0 aliphatic carbocycles. The summed E-state index contributed by atoms with van der Waals surface area (Å²) in [6.07, 6.45) is -1.60. The van der Waals surface area contributed by atoms with Crippen LogP contribution in [0.2, 0.25) is 0 Å². The van der Waals surface area contributed by atoms with Gasteiger partial charge in [0, 0.05) is 19.0 Å². The summed E-state index contributed by atoms with van der Waals surface area (Å²) in [5, 5.41) is 28.7. The number of aliphatic hydroxyl groups is 2. The van der Waals surface area contributed by atoms with Gasteiger partial charge in [-0.25, -0.2) is 0 Å². The maximum atomic E-state index is 11.7. The summed E-state index contributed by atoms with van der Waals surface area (Å²) in [5.41, 5.74) is 0. The van der Waals surface area contributed by atoms with E-state index in [9.17, 15) is 15.0 Å². The number of hydrogen-bond donors (Lipinski definition) is 3. The van der Waals surface area contributed by atoms with Crippen molar-refractivity contribution in [2.75, 3.05) is 25.0 Å². The number of aromatic nitrogens is 2. The molecular weight excluding hydrogens is 252 g/mol. The summed E-state index contributed by atoms with van der Waals surface area (Å²) in [4.78, 5) is 13.4. The molecule has 0 bridgehead atoms. The van der Waals surface area contributed by atoms with Crippen molar-refractivity contribution in [3.63, 3.8) is 0 Å². The predicted octanol–water partition coefficient (Wildman–Crippen LogP) is -0.831.